The van der Waals surface area contributed by atoms with Crippen molar-refractivity contribution in [1.82, 2.24) is 5.32 Å². The number of furan rings is 1. The van der Waals surface area contributed by atoms with E-state index in [2.05, 4.69) is 12.2 Å². The molecule has 0 aliphatic carbocycles. The second-order valence-corrected chi connectivity index (χ2v) is 5.45. The van der Waals surface area contributed by atoms with Crippen LogP contribution in [0, 0.1) is 0 Å². The van der Waals surface area contributed by atoms with Crippen LogP contribution in [0.4, 0.5) is 0 Å². The van der Waals surface area contributed by atoms with Crippen LogP contribution >= 0.6 is 0 Å². The molecule has 114 valence electrons. The molecule has 1 aromatic carbocycles. The van der Waals surface area contributed by atoms with Crippen LogP contribution in [0.25, 0.3) is 11.3 Å². The Morgan fingerprint density at radius 3 is 2.52 bits per heavy atom. The molecule has 1 unspecified atom stereocenters. The third-order valence-electron chi connectivity index (χ3n) is 3.60. The summed E-state index contributed by atoms with van der Waals surface area (Å²) in [6.45, 7) is 5.79. The van der Waals surface area contributed by atoms with Gasteiger partial charge in [-0.3, -0.25) is 0 Å². The zero-order chi connectivity index (χ0) is 15.1. The molecule has 0 radical (unpaired) electrons. The Morgan fingerprint density at radius 1 is 1.10 bits per heavy atom. The first kappa shape index (κ1) is 15.8. The zero-order valence-corrected chi connectivity index (χ0v) is 12.9. The lowest BCUT2D eigenvalue weighted by molar-refractivity contribution is 0.199. The van der Waals surface area contributed by atoms with E-state index in [9.17, 15) is 5.11 Å². The van der Waals surface area contributed by atoms with E-state index in [1.807, 2.05) is 36.4 Å². The topological polar surface area (TPSA) is 45.4 Å². The van der Waals surface area contributed by atoms with E-state index >= 15 is 0 Å². The summed E-state index contributed by atoms with van der Waals surface area (Å²) in [6.07, 6.45) is 3.30. The predicted molar refractivity (Wildman–Crippen MR) is 86.0 cm³/mol. The van der Waals surface area contributed by atoms with Crippen LogP contribution in [-0.4, -0.2) is 11.7 Å². The normalized spacial score (nSPS) is 12.5. The van der Waals surface area contributed by atoms with Gasteiger partial charge in [-0.1, -0.05) is 44.0 Å². The number of aliphatic hydroxyl groups is 1. The van der Waals surface area contributed by atoms with E-state index in [0.29, 0.717) is 0 Å². The van der Waals surface area contributed by atoms with Crippen LogP contribution in [0.2, 0.25) is 0 Å². The molecular formula is C18H25NO2. The molecule has 0 aliphatic rings. The van der Waals surface area contributed by atoms with Gasteiger partial charge < -0.3 is 14.8 Å². The molecule has 1 aromatic heterocycles. The highest BCUT2D eigenvalue weighted by molar-refractivity contribution is 5.58. The van der Waals surface area contributed by atoms with Gasteiger partial charge in [0.2, 0.25) is 0 Å². The van der Waals surface area contributed by atoms with Gasteiger partial charge in [0.05, 0.1) is 12.6 Å². The highest BCUT2D eigenvalue weighted by Crippen LogP contribution is 2.24. The SMILES string of the molecule is CCCCCNCc1ccc(-c2ccc(C(C)O)cc2)o1. The molecule has 0 saturated heterocycles. The third-order valence-corrected chi connectivity index (χ3v) is 3.60. The van der Waals surface area contributed by atoms with Crippen molar-refractivity contribution in [2.24, 2.45) is 0 Å². The third kappa shape index (κ3) is 4.73. The molecule has 2 aromatic rings. The van der Waals surface area contributed by atoms with Gasteiger partial charge in [-0.15, -0.1) is 0 Å². The molecule has 0 bridgehead atoms. The van der Waals surface area contributed by atoms with Crippen LogP contribution in [0.1, 0.15) is 50.5 Å². The van der Waals surface area contributed by atoms with Crippen molar-refractivity contribution in [3.8, 4) is 11.3 Å². The average Bonchev–Trinajstić information content (AvgIpc) is 2.96. The highest BCUT2D eigenvalue weighted by atomic mass is 16.3. The van der Waals surface area contributed by atoms with Gasteiger partial charge in [0.1, 0.15) is 11.5 Å². The van der Waals surface area contributed by atoms with Gasteiger partial charge in [0.15, 0.2) is 0 Å². The molecule has 3 nitrogen and oxygen atoms in total. The number of benzene rings is 1. The van der Waals surface area contributed by atoms with Crippen molar-refractivity contribution in [3.63, 3.8) is 0 Å². The van der Waals surface area contributed by atoms with Gasteiger partial charge in [-0.05, 0) is 37.6 Å². The number of nitrogens with one attached hydrogen (secondary N) is 1. The fourth-order valence-corrected chi connectivity index (χ4v) is 2.27. The Morgan fingerprint density at radius 2 is 1.86 bits per heavy atom. The minimum atomic E-state index is -0.432. The Balaban J connectivity index is 1.90. The first-order chi connectivity index (χ1) is 10.2. The summed E-state index contributed by atoms with van der Waals surface area (Å²) in [5.41, 5.74) is 1.96. The molecule has 0 amide bonds. The Kier molecular flexibility index (Phi) is 6.03. The van der Waals surface area contributed by atoms with Crippen LogP contribution < -0.4 is 5.32 Å². The van der Waals surface area contributed by atoms with Crippen molar-refractivity contribution < 1.29 is 9.52 Å². The molecule has 1 atom stereocenters. The van der Waals surface area contributed by atoms with Crippen LogP contribution in [-0.2, 0) is 6.54 Å². The summed E-state index contributed by atoms with van der Waals surface area (Å²) in [7, 11) is 0. The number of hydrogen-bond acceptors (Lipinski definition) is 3. The number of unbranched alkanes of at least 4 members (excludes halogenated alkanes) is 2. The maximum Gasteiger partial charge on any atom is 0.134 e. The summed E-state index contributed by atoms with van der Waals surface area (Å²) < 4.78 is 5.85. The van der Waals surface area contributed by atoms with Gasteiger partial charge in [-0.25, -0.2) is 0 Å². The molecule has 2 rings (SSSR count). The fourth-order valence-electron chi connectivity index (χ4n) is 2.27. The zero-order valence-electron chi connectivity index (χ0n) is 12.9. The van der Waals surface area contributed by atoms with Crippen LogP contribution in [0.5, 0.6) is 0 Å². The lowest BCUT2D eigenvalue weighted by atomic mass is 10.1. The summed E-state index contributed by atoms with van der Waals surface area (Å²) in [5, 5.41) is 12.9. The van der Waals surface area contributed by atoms with Crippen molar-refractivity contribution >= 4 is 0 Å². The number of hydrogen-bond donors (Lipinski definition) is 2. The lowest BCUT2D eigenvalue weighted by Crippen LogP contribution is -2.13. The maximum atomic E-state index is 9.52. The maximum absolute atomic E-state index is 9.52. The quantitative estimate of drug-likeness (QED) is 0.712. The number of rotatable bonds is 8. The number of aliphatic hydroxyl groups excluding tert-OH is 1. The Hall–Kier alpha value is -1.58. The van der Waals surface area contributed by atoms with Crippen molar-refractivity contribution in [2.75, 3.05) is 6.54 Å². The van der Waals surface area contributed by atoms with Gasteiger partial charge in [-0.2, -0.15) is 0 Å². The molecule has 0 aliphatic heterocycles. The standard InChI is InChI=1S/C18H25NO2/c1-3-4-5-12-19-13-17-10-11-18(21-17)16-8-6-15(7-9-16)14(2)20/h6-11,14,19-20H,3-5,12-13H2,1-2H3. The minimum absolute atomic E-state index is 0.432. The highest BCUT2D eigenvalue weighted by Gasteiger charge is 2.06. The molecule has 0 spiro atoms. The van der Waals surface area contributed by atoms with E-state index < -0.39 is 6.10 Å². The molecular weight excluding hydrogens is 262 g/mol. The summed E-state index contributed by atoms with van der Waals surface area (Å²) in [5.74, 6) is 1.83. The molecule has 0 saturated carbocycles. The molecule has 1 heterocycles. The second-order valence-electron chi connectivity index (χ2n) is 5.45. The average molecular weight is 287 g/mol. The predicted octanol–water partition coefficient (Wildman–Crippen LogP) is 4.28. The smallest absolute Gasteiger partial charge is 0.134 e. The lowest BCUT2D eigenvalue weighted by Gasteiger charge is -2.05. The summed E-state index contributed by atoms with van der Waals surface area (Å²) in [6, 6.07) is 11.9. The fraction of sp³-hybridized carbons (Fsp3) is 0.444. The summed E-state index contributed by atoms with van der Waals surface area (Å²) >= 11 is 0. The van der Waals surface area contributed by atoms with Crippen molar-refractivity contribution in [2.45, 2.75) is 45.8 Å². The van der Waals surface area contributed by atoms with E-state index in [1.54, 1.807) is 6.92 Å². The van der Waals surface area contributed by atoms with Gasteiger partial charge >= 0.3 is 0 Å². The first-order valence-electron chi connectivity index (χ1n) is 7.78. The van der Waals surface area contributed by atoms with Crippen molar-refractivity contribution in [3.05, 3.63) is 47.7 Å². The first-order valence-corrected chi connectivity index (χ1v) is 7.78. The molecule has 3 heteroatoms. The molecule has 0 fully saturated rings. The van der Waals surface area contributed by atoms with Crippen LogP contribution in [0.15, 0.2) is 40.8 Å². The minimum Gasteiger partial charge on any atom is -0.460 e. The van der Waals surface area contributed by atoms with Crippen LogP contribution in [0.3, 0.4) is 0 Å². The van der Waals surface area contributed by atoms with Crippen molar-refractivity contribution in [1.29, 1.82) is 0 Å². The van der Waals surface area contributed by atoms with E-state index in [1.165, 1.54) is 19.3 Å². The Bertz CT molecular complexity index is 528. The summed E-state index contributed by atoms with van der Waals surface area (Å²) in [4.78, 5) is 0. The second kappa shape index (κ2) is 8.01. The van der Waals surface area contributed by atoms with Gasteiger partial charge in [0, 0.05) is 5.56 Å². The Labute approximate surface area is 127 Å². The molecule has 21 heavy (non-hydrogen) atoms. The van der Waals surface area contributed by atoms with Gasteiger partial charge in [0.25, 0.3) is 0 Å². The van der Waals surface area contributed by atoms with E-state index in [0.717, 1.165) is 35.7 Å². The molecule has 2 N–H and O–H groups in total. The van der Waals surface area contributed by atoms with E-state index in [-0.39, 0.29) is 0 Å². The van der Waals surface area contributed by atoms with E-state index in [4.69, 9.17) is 4.42 Å². The monoisotopic (exact) mass is 287 g/mol. The largest absolute Gasteiger partial charge is 0.460 e.